The lowest BCUT2D eigenvalue weighted by molar-refractivity contribution is -0.146. The van der Waals surface area contributed by atoms with Crippen LogP contribution in [0.3, 0.4) is 0 Å². The Morgan fingerprint density at radius 3 is 2.48 bits per heavy atom. The van der Waals surface area contributed by atoms with Crippen LogP contribution in [0.25, 0.3) is 0 Å². The zero-order chi connectivity index (χ0) is 15.8. The highest BCUT2D eigenvalue weighted by molar-refractivity contribution is 5.79. The highest BCUT2D eigenvalue weighted by Gasteiger charge is 2.28. The number of carbonyl (C=O) groups is 2. The van der Waals surface area contributed by atoms with Gasteiger partial charge in [0.2, 0.25) is 5.91 Å². The third-order valence-electron chi connectivity index (χ3n) is 4.33. The van der Waals surface area contributed by atoms with Crippen LogP contribution in [0.15, 0.2) is 0 Å². The Hall–Kier alpha value is -1.14. The van der Waals surface area contributed by atoms with Gasteiger partial charge in [0.1, 0.15) is 0 Å². The van der Waals surface area contributed by atoms with Crippen LogP contribution in [-0.2, 0) is 14.3 Å². The number of rotatable bonds is 8. The van der Waals surface area contributed by atoms with Gasteiger partial charge in [0.25, 0.3) is 0 Å². The first-order chi connectivity index (χ1) is 9.99. The van der Waals surface area contributed by atoms with Crippen molar-refractivity contribution in [2.75, 3.05) is 39.9 Å². The van der Waals surface area contributed by atoms with Crippen LogP contribution in [0.4, 0.5) is 0 Å². The number of carboxylic acid groups (broad SMARTS) is 1. The van der Waals surface area contributed by atoms with E-state index in [0.29, 0.717) is 45.1 Å². The van der Waals surface area contributed by atoms with Crippen LogP contribution in [0.5, 0.6) is 0 Å². The zero-order valence-electron chi connectivity index (χ0n) is 13.4. The van der Waals surface area contributed by atoms with E-state index in [0.717, 1.165) is 13.0 Å². The molecule has 1 saturated heterocycles. The molecule has 0 spiro atoms. The van der Waals surface area contributed by atoms with Gasteiger partial charge in [-0.2, -0.15) is 0 Å². The van der Waals surface area contributed by atoms with Crippen molar-refractivity contribution in [3.8, 4) is 0 Å². The average molecular weight is 300 g/mol. The lowest BCUT2D eigenvalue weighted by Crippen LogP contribution is -2.47. The van der Waals surface area contributed by atoms with Crippen LogP contribution in [0.1, 0.15) is 33.1 Å². The van der Waals surface area contributed by atoms with Gasteiger partial charge in [0, 0.05) is 32.8 Å². The maximum atomic E-state index is 12.4. The first-order valence-electron chi connectivity index (χ1n) is 7.73. The number of methoxy groups -OCH3 is 1. The van der Waals surface area contributed by atoms with Crippen LogP contribution >= 0.6 is 0 Å². The van der Waals surface area contributed by atoms with Gasteiger partial charge in [0.15, 0.2) is 0 Å². The van der Waals surface area contributed by atoms with Gasteiger partial charge in [0.05, 0.1) is 19.1 Å². The summed E-state index contributed by atoms with van der Waals surface area (Å²) in [6.45, 7) is 7.05. The van der Waals surface area contributed by atoms with Crippen molar-refractivity contribution in [2.45, 2.75) is 39.2 Å². The highest BCUT2D eigenvalue weighted by atomic mass is 16.5. The summed E-state index contributed by atoms with van der Waals surface area (Å²) >= 11 is 0. The number of nitrogens with zero attached hydrogens (tertiary/aromatic N) is 2. The van der Waals surface area contributed by atoms with E-state index < -0.39 is 5.97 Å². The van der Waals surface area contributed by atoms with Gasteiger partial charge in [-0.3, -0.25) is 14.5 Å². The standard InChI is InChI=1S/C15H28N2O4/c1-4-12(2)17(9-10-21-3)11-14(18)16-7-5-13(6-8-16)15(19)20/h12-13H,4-11H2,1-3H3,(H,19,20). The Morgan fingerprint density at radius 2 is 2.00 bits per heavy atom. The van der Waals surface area contributed by atoms with E-state index in [2.05, 4.69) is 18.7 Å². The predicted octanol–water partition coefficient (Wildman–Crippen LogP) is 1.06. The molecular weight excluding hydrogens is 272 g/mol. The molecule has 0 aromatic heterocycles. The summed E-state index contributed by atoms with van der Waals surface area (Å²) in [4.78, 5) is 27.2. The summed E-state index contributed by atoms with van der Waals surface area (Å²) in [6, 6.07) is 0.334. The molecule has 1 aliphatic heterocycles. The second kappa shape index (κ2) is 9.00. The number of hydrogen-bond acceptors (Lipinski definition) is 4. The minimum absolute atomic E-state index is 0.0928. The number of aliphatic carboxylic acids is 1. The number of ether oxygens (including phenoxy) is 1. The molecule has 122 valence electrons. The SMILES string of the molecule is CCC(C)N(CCOC)CC(=O)N1CCC(C(=O)O)CC1. The summed E-state index contributed by atoms with van der Waals surface area (Å²) in [5.74, 6) is -0.952. The molecule has 1 heterocycles. The third kappa shape index (κ3) is 5.63. The fourth-order valence-corrected chi connectivity index (χ4v) is 2.57. The fraction of sp³-hybridized carbons (Fsp3) is 0.867. The van der Waals surface area contributed by atoms with Gasteiger partial charge >= 0.3 is 5.97 Å². The van der Waals surface area contributed by atoms with E-state index in [4.69, 9.17) is 9.84 Å². The molecule has 1 amide bonds. The van der Waals surface area contributed by atoms with Crippen molar-refractivity contribution < 1.29 is 19.4 Å². The van der Waals surface area contributed by atoms with E-state index in [9.17, 15) is 9.59 Å². The van der Waals surface area contributed by atoms with Gasteiger partial charge < -0.3 is 14.7 Å². The third-order valence-corrected chi connectivity index (χ3v) is 4.33. The molecule has 0 aliphatic carbocycles. The lowest BCUT2D eigenvalue weighted by atomic mass is 9.97. The quantitative estimate of drug-likeness (QED) is 0.726. The smallest absolute Gasteiger partial charge is 0.306 e. The molecule has 1 aliphatic rings. The Morgan fingerprint density at radius 1 is 1.38 bits per heavy atom. The van der Waals surface area contributed by atoms with Crippen molar-refractivity contribution in [1.29, 1.82) is 0 Å². The first kappa shape index (κ1) is 17.9. The van der Waals surface area contributed by atoms with Gasteiger partial charge in [-0.25, -0.2) is 0 Å². The maximum absolute atomic E-state index is 12.4. The first-order valence-corrected chi connectivity index (χ1v) is 7.73. The molecule has 1 unspecified atom stereocenters. The maximum Gasteiger partial charge on any atom is 0.306 e. The zero-order valence-corrected chi connectivity index (χ0v) is 13.4. The summed E-state index contributed by atoms with van der Waals surface area (Å²) in [6.07, 6.45) is 2.10. The predicted molar refractivity (Wildman–Crippen MR) is 80.1 cm³/mol. The largest absolute Gasteiger partial charge is 0.481 e. The van der Waals surface area contributed by atoms with Crippen molar-refractivity contribution in [1.82, 2.24) is 9.80 Å². The summed E-state index contributed by atoms with van der Waals surface area (Å²) in [5, 5.41) is 8.98. The van der Waals surface area contributed by atoms with Crippen molar-refractivity contribution >= 4 is 11.9 Å². The molecule has 21 heavy (non-hydrogen) atoms. The number of carboxylic acids is 1. The van der Waals surface area contributed by atoms with Crippen LogP contribution in [0.2, 0.25) is 0 Å². The molecule has 1 rings (SSSR count). The summed E-state index contributed by atoms with van der Waals surface area (Å²) in [7, 11) is 1.66. The molecule has 1 atom stereocenters. The molecule has 1 N–H and O–H groups in total. The highest BCUT2D eigenvalue weighted by Crippen LogP contribution is 2.17. The molecule has 0 aromatic rings. The number of piperidine rings is 1. The molecule has 0 bridgehead atoms. The Kier molecular flexibility index (Phi) is 7.67. The van der Waals surface area contributed by atoms with Crippen molar-refractivity contribution in [3.05, 3.63) is 0 Å². The second-order valence-corrected chi connectivity index (χ2v) is 5.71. The lowest BCUT2D eigenvalue weighted by Gasteiger charge is -2.34. The van der Waals surface area contributed by atoms with E-state index in [1.807, 2.05) is 0 Å². The number of amides is 1. The molecular formula is C15H28N2O4. The van der Waals surface area contributed by atoms with Gasteiger partial charge in [-0.05, 0) is 26.2 Å². The van der Waals surface area contributed by atoms with Gasteiger partial charge in [-0.15, -0.1) is 0 Å². The minimum atomic E-state index is -0.747. The Labute approximate surface area is 127 Å². The molecule has 0 saturated carbocycles. The number of hydrogen-bond donors (Lipinski definition) is 1. The van der Waals surface area contributed by atoms with E-state index in [1.54, 1.807) is 12.0 Å². The minimum Gasteiger partial charge on any atom is -0.481 e. The second-order valence-electron chi connectivity index (χ2n) is 5.71. The number of carbonyl (C=O) groups excluding carboxylic acids is 1. The summed E-state index contributed by atoms with van der Waals surface area (Å²) in [5.41, 5.74) is 0. The monoisotopic (exact) mass is 300 g/mol. The van der Waals surface area contributed by atoms with Gasteiger partial charge in [-0.1, -0.05) is 6.92 Å². The molecule has 6 nitrogen and oxygen atoms in total. The molecule has 0 radical (unpaired) electrons. The van der Waals surface area contributed by atoms with E-state index >= 15 is 0 Å². The van der Waals surface area contributed by atoms with Crippen LogP contribution < -0.4 is 0 Å². The van der Waals surface area contributed by atoms with Crippen LogP contribution in [-0.4, -0.2) is 72.7 Å². The van der Waals surface area contributed by atoms with E-state index in [-0.39, 0.29) is 11.8 Å². The van der Waals surface area contributed by atoms with Crippen molar-refractivity contribution in [3.63, 3.8) is 0 Å². The molecule has 1 fully saturated rings. The summed E-state index contributed by atoms with van der Waals surface area (Å²) < 4.78 is 5.10. The van der Waals surface area contributed by atoms with E-state index in [1.165, 1.54) is 0 Å². The van der Waals surface area contributed by atoms with Crippen molar-refractivity contribution in [2.24, 2.45) is 5.92 Å². The van der Waals surface area contributed by atoms with Crippen LogP contribution in [0, 0.1) is 5.92 Å². The topological polar surface area (TPSA) is 70.1 Å². The normalized spacial score (nSPS) is 18.0. The Balaban J connectivity index is 2.48. The average Bonchev–Trinajstić information content (AvgIpc) is 2.50. The number of likely N-dealkylation sites (tertiary alicyclic amines) is 1. The molecule has 6 heteroatoms. The fourth-order valence-electron chi connectivity index (χ4n) is 2.57. The Bertz CT molecular complexity index is 341. The molecule has 0 aromatic carbocycles.